The molecule has 0 spiro atoms. The van der Waals surface area contributed by atoms with E-state index in [9.17, 15) is 4.79 Å². The Morgan fingerprint density at radius 2 is 1.82 bits per heavy atom. The van der Waals surface area contributed by atoms with E-state index >= 15 is 0 Å². The average molecular weight is 307 g/mol. The van der Waals surface area contributed by atoms with Gasteiger partial charge in [0.25, 0.3) is 0 Å². The highest BCUT2D eigenvalue weighted by Crippen LogP contribution is 2.49. The third-order valence-electron chi connectivity index (χ3n) is 3.82. The Kier molecular flexibility index (Phi) is 4.54. The van der Waals surface area contributed by atoms with E-state index in [-0.39, 0.29) is 11.5 Å². The van der Waals surface area contributed by atoms with Crippen LogP contribution in [0.5, 0.6) is 11.5 Å². The largest absolute Gasteiger partial charge is 0.493 e. The Morgan fingerprint density at radius 3 is 2.32 bits per heavy atom. The Balaban J connectivity index is 2.04. The van der Waals surface area contributed by atoms with E-state index in [4.69, 9.17) is 14.2 Å². The molecule has 1 fully saturated rings. The van der Waals surface area contributed by atoms with Gasteiger partial charge in [0.2, 0.25) is 0 Å². The van der Waals surface area contributed by atoms with Crippen LogP contribution in [0.1, 0.15) is 39.2 Å². The van der Waals surface area contributed by atoms with E-state index in [0.29, 0.717) is 18.0 Å². The fraction of sp³-hybridized carbons (Fsp3) is 0.588. The van der Waals surface area contributed by atoms with Crippen LogP contribution in [0.25, 0.3) is 0 Å². The number of ether oxygens (including phenoxy) is 3. The molecule has 0 heterocycles. The second-order valence-corrected chi connectivity index (χ2v) is 6.71. The van der Waals surface area contributed by atoms with E-state index in [1.54, 1.807) is 14.2 Å². The van der Waals surface area contributed by atoms with E-state index in [0.717, 1.165) is 18.4 Å². The van der Waals surface area contributed by atoms with Gasteiger partial charge in [0.1, 0.15) is 5.60 Å². The van der Waals surface area contributed by atoms with Gasteiger partial charge in [0.05, 0.1) is 14.2 Å². The first-order valence-electron chi connectivity index (χ1n) is 7.49. The lowest BCUT2D eigenvalue weighted by Gasteiger charge is -2.22. The minimum Gasteiger partial charge on any atom is -0.493 e. The first-order valence-corrected chi connectivity index (χ1v) is 7.49. The van der Waals surface area contributed by atoms with E-state index in [2.05, 4.69) is 5.32 Å². The molecule has 122 valence electrons. The average Bonchev–Trinajstić information content (AvgIpc) is 3.24. The minimum absolute atomic E-state index is 0.0174. The molecule has 2 rings (SSSR count). The molecule has 22 heavy (non-hydrogen) atoms. The van der Waals surface area contributed by atoms with Gasteiger partial charge in [0, 0.05) is 12.0 Å². The van der Waals surface area contributed by atoms with Crippen LogP contribution >= 0.6 is 0 Å². The number of hydrogen-bond acceptors (Lipinski definition) is 4. The van der Waals surface area contributed by atoms with Gasteiger partial charge in [-0.05, 0) is 51.3 Å². The summed E-state index contributed by atoms with van der Waals surface area (Å²) in [5.74, 6) is 1.42. The van der Waals surface area contributed by atoms with E-state index < -0.39 is 5.60 Å². The number of amides is 1. The van der Waals surface area contributed by atoms with Crippen molar-refractivity contribution in [2.75, 3.05) is 20.8 Å². The summed E-state index contributed by atoms with van der Waals surface area (Å²) >= 11 is 0. The molecule has 0 aromatic heterocycles. The number of carbonyl (C=O) groups excluding carboxylic acids is 1. The molecule has 1 amide bonds. The van der Waals surface area contributed by atoms with Crippen molar-refractivity contribution in [1.29, 1.82) is 0 Å². The molecular formula is C17H25NO4. The number of hydrogen-bond donors (Lipinski definition) is 1. The van der Waals surface area contributed by atoms with Crippen molar-refractivity contribution >= 4 is 6.09 Å². The quantitative estimate of drug-likeness (QED) is 0.907. The third-order valence-corrected chi connectivity index (χ3v) is 3.82. The molecule has 0 atom stereocenters. The van der Waals surface area contributed by atoms with Crippen LogP contribution in [0.3, 0.4) is 0 Å². The van der Waals surface area contributed by atoms with Crippen molar-refractivity contribution in [3.8, 4) is 11.5 Å². The lowest BCUT2D eigenvalue weighted by Crippen LogP contribution is -2.37. The van der Waals surface area contributed by atoms with Gasteiger partial charge < -0.3 is 19.5 Å². The van der Waals surface area contributed by atoms with Crippen molar-refractivity contribution in [3.63, 3.8) is 0 Å². The highest BCUT2D eigenvalue weighted by molar-refractivity contribution is 5.68. The topological polar surface area (TPSA) is 56.8 Å². The molecule has 1 N–H and O–H groups in total. The second-order valence-electron chi connectivity index (χ2n) is 6.71. The molecule has 1 aromatic rings. The van der Waals surface area contributed by atoms with Crippen molar-refractivity contribution in [2.45, 2.75) is 44.6 Å². The molecule has 0 bridgehead atoms. The zero-order valence-electron chi connectivity index (χ0n) is 14.0. The Hall–Kier alpha value is -1.91. The summed E-state index contributed by atoms with van der Waals surface area (Å²) in [6.45, 7) is 6.13. The summed E-state index contributed by atoms with van der Waals surface area (Å²) < 4.78 is 15.9. The molecule has 5 heteroatoms. The summed E-state index contributed by atoms with van der Waals surface area (Å²) in [4.78, 5) is 11.8. The Labute approximate surface area is 131 Å². The third kappa shape index (κ3) is 3.84. The predicted molar refractivity (Wildman–Crippen MR) is 84.7 cm³/mol. The number of benzene rings is 1. The van der Waals surface area contributed by atoms with Crippen LogP contribution < -0.4 is 14.8 Å². The normalized spacial score (nSPS) is 15.9. The van der Waals surface area contributed by atoms with Gasteiger partial charge in [0.15, 0.2) is 11.5 Å². The zero-order valence-corrected chi connectivity index (χ0v) is 14.0. The highest BCUT2D eigenvalue weighted by atomic mass is 16.6. The molecule has 1 aliphatic rings. The Morgan fingerprint density at radius 1 is 1.18 bits per heavy atom. The molecule has 5 nitrogen and oxygen atoms in total. The first-order chi connectivity index (χ1) is 10.3. The standard InChI is InChI=1S/C17H25NO4/c1-16(2,3)22-15(19)18-11-17(8-9-17)12-6-7-13(20-4)14(10-12)21-5/h6-7,10H,8-9,11H2,1-5H3,(H,18,19). The summed E-state index contributed by atoms with van der Waals surface area (Å²) in [5.41, 5.74) is 0.654. The summed E-state index contributed by atoms with van der Waals surface area (Å²) in [6.07, 6.45) is 1.70. The van der Waals surface area contributed by atoms with Crippen LogP contribution in [0.2, 0.25) is 0 Å². The number of nitrogens with one attached hydrogen (secondary N) is 1. The first kappa shape index (κ1) is 16.5. The molecule has 1 aliphatic carbocycles. The van der Waals surface area contributed by atoms with Crippen LogP contribution in [-0.2, 0) is 10.2 Å². The lowest BCUT2D eigenvalue weighted by atomic mass is 9.95. The fourth-order valence-electron chi connectivity index (χ4n) is 2.44. The minimum atomic E-state index is -0.482. The van der Waals surface area contributed by atoms with Crippen molar-refractivity contribution < 1.29 is 19.0 Å². The Bertz CT molecular complexity index is 544. The maximum atomic E-state index is 11.8. The molecule has 0 aliphatic heterocycles. The lowest BCUT2D eigenvalue weighted by molar-refractivity contribution is 0.0522. The van der Waals surface area contributed by atoms with E-state index in [1.165, 1.54) is 0 Å². The highest BCUT2D eigenvalue weighted by Gasteiger charge is 2.45. The molecule has 1 aromatic carbocycles. The number of rotatable bonds is 5. The van der Waals surface area contributed by atoms with Crippen LogP contribution in [-0.4, -0.2) is 32.5 Å². The molecule has 1 saturated carbocycles. The molecular weight excluding hydrogens is 282 g/mol. The molecule has 0 saturated heterocycles. The van der Waals surface area contributed by atoms with Crippen LogP contribution in [0, 0.1) is 0 Å². The van der Waals surface area contributed by atoms with Gasteiger partial charge in [-0.25, -0.2) is 4.79 Å². The van der Waals surface area contributed by atoms with Crippen LogP contribution in [0.15, 0.2) is 18.2 Å². The molecule has 0 unspecified atom stereocenters. The van der Waals surface area contributed by atoms with Gasteiger partial charge in [-0.1, -0.05) is 6.07 Å². The summed E-state index contributed by atoms with van der Waals surface area (Å²) in [5, 5.41) is 2.87. The van der Waals surface area contributed by atoms with Crippen molar-refractivity contribution in [3.05, 3.63) is 23.8 Å². The van der Waals surface area contributed by atoms with E-state index in [1.807, 2.05) is 39.0 Å². The summed E-state index contributed by atoms with van der Waals surface area (Å²) in [6, 6.07) is 5.93. The van der Waals surface area contributed by atoms with Gasteiger partial charge in [-0.3, -0.25) is 0 Å². The van der Waals surface area contributed by atoms with Crippen molar-refractivity contribution in [2.24, 2.45) is 0 Å². The van der Waals surface area contributed by atoms with Gasteiger partial charge in [-0.2, -0.15) is 0 Å². The predicted octanol–water partition coefficient (Wildman–Crippen LogP) is 3.26. The summed E-state index contributed by atoms with van der Waals surface area (Å²) in [7, 11) is 3.24. The molecule has 0 radical (unpaired) electrons. The number of methoxy groups -OCH3 is 2. The smallest absolute Gasteiger partial charge is 0.407 e. The maximum Gasteiger partial charge on any atom is 0.407 e. The second kappa shape index (κ2) is 6.07. The zero-order chi connectivity index (χ0) is 16.4. The van der Waals surface area contributed by atoms with Crippen LogP contribution in [0.4, 0.5) is 4.79 Å². The van der Waals surface area contributed by atoms with Gasteiger partial charge in [-0.15, -0.1) is 0 Å². The van der Waals surface area contributed by atoms with Gasteiger partial charge >= 0.3 is 6.09 Å². The van der Waals surface area contributed by atoms with Crippen molar-refractivity contribution in [1.82, 2.24) is 5.32 Å². The maximum absolute atomic E-state index is 11.8. The number of carbonyl (C=O) groups is 1. The monoisotopic (exact) mass is 307 g/mol. The SMILES string of the molecule is COc1ccc(C2(CNC(=O)OC(C)(C)C)CC2)cc1OC. The number of alkyl carbamates (subject to hydrolysis) is 1. The fourth-order valence-corrected chi connectivity index (χ4v) is 2.44.